The van der Waals surface area contributed by atoms with E-state index in [1.807, 2.05) is 0 Å². The first-order valence-corrected chi connectivity index (χ1v) is 10.8. The lowest BCUT2D eigenvalue weighted by atomic mass is 10.0. The van der Waals surface area contributed by atoms with E-state index < -0.39 is 18.2 Å². The number of carbonyl (C=O) groups is 1. The first kappa shape index (κ1) is 22.4. The second-order valence-corrected chi connectivity index (χ2v) is 8.00. The number of benzene rings is 3. The zero-order chi connectivity index (χ0) is 24.7. The second kappa shape index (κ2) is 8.75. The molecule has 9 nitrogen and oxygen atoms in total. The molecule has 2 heterocycles. The highest BCUT2D eigenvalue weighted by atomic mass is 16.6. The maximum absolute atomic E-state index is 13.2. The molecule has 1 N–H and O–H groups in total. The molecule has 2 unspecified atom stereocenters. The van der Waals surface area contributed by atoms with Gasteiger partial charge in [-0.05, 0) is 30.3 Å². The second-order valence-electron chi connectivity index (χ2n) is 8.00. The Balaban J connectivity index is 1.72. The molecule has 1 aliphatic heterocycles. The highest BCUT2D eigenvalue weighted by Crippen LogP contribution is 2.50. The summed E-state index contributed by atoms with van der Waals surface area (Å²) in [6, 6.07) is 13.1. The van der Waals surface area contributed by atoms with Gasteiger partial charge in [-0.2, -0.15) is 0 Å². The molecular formula is C26H22O9. The van der Waals surface area contributed by atoms with E-state index in [0.29, 0.717) is 22.3 Å². The van der Waals surface area contributed by atoms with Crippen LogP contribution in [0, 0.1) is 0 Å². The Hall–Kier alpha value is -4.40. The van der Waals surface area contributed by atoms with Gasteiger partial charge in [0, 0.05) is 18.6 Å². The Kier molecular flexibility index (Phi) is 5.60. The Morgan fingerprint density at radius 3 is 2.54 bits per heavy atom. The molecule has 1 aliphatic rings. The molecule has 0 spiro atoms. The molecule has 0 radical (unpaired) electrons. The molecule has 0 amide bonds. The van der Waals surface area contributed by atoms with Crippen LogP contribution >= 0.6 is 0 Å². The number of fused-ring (bicyclic) bond motifs is 4. The predicted octanol–water partition coefficient (Wildman–Crippen LogP) is 4.11. The Labute approximate surface area is 199 Å². The van der Waals surface area contributed by atoms with Crippen molar-refractivity contribution < 1.29 is 38.0 Å². The minimum atomic E-state index is -0.843. The number of methoxy groups -OCH3 is 2. The summed E-state index contributed by atoms with van der Waals surface area (Å²) in [5.74, 6) is 0.497. The molecule has 0 saturated carbocycles. The van der Waals surface area contributed by atoms with Gasteiger partial charge in [0.25, 0.3) is 0 Å². The van der Waals surface area contributed by atoms with Crippen LogP contribution in [-0.4, -0.2) is 38.0 Å². The summed E-state index contributed by atoms with van der Waals surface area (Å²) in [6.07, 6.45) is -1.66. The number of hydrogen-bond acceptors (Lipinski definition) is 9. The summed E-state index contributed by atoms with van der Waals surface area (Å²) in [7, 11) is 2.93. The van der Waals surface area contributed by atoms with Crippen molar-refractivity contribution in [3.8, 4) is 28.7 Å². The van der Waals surface area contributed by atoms with Gasteiger partial charge in [0.05, 0.1) is 25.0 Å². The lowest BCUT2D eigenvalue weighted by Crippen LogP contribution is -2.37. The van der Waals surface area contributed by atoms with E-state index in [9.17, 15) is 14.7 Å². The zero-order valence-corrected chi connectivity index (χ0v) is 19.2. The molecule has 0 fully saturated rings. The molecule has 35 heavy (non-hydrogen) atoms. The fourth-order valence-electron chi connectivity index (χ4n) is 4.15. The van der Waals surface area contributed by atoms with E-state index in [4.69, 9.17) is 28.1 Å². The molecule has 3 aromatic carbocycles. The minimum absolute atomic E-state index is 0.0390. The molecule has 0 saturated heterocycles. The fraction of sp³-hybridized carbons (Fsp3) is 0.231. The largest absolute Gasteiger partial charge is 0.508 e. The first-order chi connectivity index (χ1) is 16.9. The Morgan fingerprint density at radius 2 is 1.80 bits per heavy atom. The van der Waals surface area contributed by atoms with Crippen LogP contribution in [-0.2, 0) is 9.53 Å². The van der Waals surface area contributed by atoms with E-state index in [2.05, 4.69) is 0 Å². The highest BCUT2D eigenvalue weighted by molar-refractivity contribution is 5.95. The third-order valence-electron chi connectivity index (χ3n) is 5.74. The van der Waals surface area contributed by atoms with E-state index in [0.717, 1.165) is 0 Å². The average Bonchev–Trinajstić information content (AvgIpc) is 2.86. The van der Waals surface area contributed by atoms with Crippen molar-refractivity contribution in [2.45, 2.75) is 19.1 Å². The molecule has 180 valence electrons. The van der Waals surface area contributed by atoms with Gasteiger partial charge >= 0.3 is 5.97 Å². The molecule has 4 aromatic rings. The number of carbonyl (C=O) groups excluding carboxylic acids is 1. The topological polar surface area (TPSA) is 114 Å². The SMILES string of the molecule is COc1cc(O)cc(C2Oc3c(OC)cc4c(=O)c5ccccc5oc4c3OC2COC(C)=O)c1. The summed E-state index contributed by atoms with van der Waals surface area (Å²) in [5.41, 5.74) is 0.844. The number of rotatable bonds is 5. The van der Waals surface area contributed by atoms with Gasteiger partial charge in [0.1, 0.15) is 23.7 Å². The third kappa shape index (κ3) is 3.95. The van der Waals surface area contributed by atoms with E-state index >= 15 is 0 Å². The van der Waals surface area contributed by atoms with Crippen LogP contribution < -0.4 is 24.4 Å². The Morgan fingerprint density at radius 1 is 1.00 bits per heavy atom. The fourth-order valence-corrected chi connectivity index (χ4v) is 4.15. The van der Waals surface area contributed by atoms with Crippen molar-refractivity contribution >= 4 is 27.9 Å². The summed E-state index contributed by atoms with van der Waals surface area (Å²) >= 11 is 0. The summed E-state index contributed by atoms with van der Waals surface area (Å²) in [4.78, 5) is 24.8. The molecule has 1 aromatic heterocycles. The standard InChI is InChI=1S/C26H22O9/c1-13(27)32-12-21-23(14-8-15(28)10-16(9-14)30-2)35-25-20(31-3)11-18-22(29)17-6-4-5-7-19(17)33-24(18)26(25)34-21/h4-11,21,23,28H,12H2,1-3H3. The van der Waals surface area contributed by atoms with Crippen molar-refractivity contribution in [2.75, 3.05) is 20.8 Å². The van der Waals surface area contributed by atoms with Crippen LogP contribution in [0.1, 0.15) is 18.6 Å². The maximum atomic E-state index is 13.2. The van der Waals surface area contributed by atoms with Crippen molar-refractivity contribution in [1.29, 1.82) is 0 Å². The summed E-state index contributed by atoms with van der Waals surface area (Å²) in [5, 5.41) is 10.9. The van der Waals surface area contributed by atoms with E-state index in [1.165, 1.54) is 33.3 Å². The smallest absolute Gasteiger partial charge is 0.302 e. The van der Waals surface area contributed by atoms with E-state index in [1.54, 1.807) is 36.4 Å². The van der Waals surface area contributed by atoms with Crippen LogP contribution in [0.4, 0.5) is 0 Å². The van der Waals surface area contributed by atoms with Crippen molar-refractivity contribution in [3.63, 3.8) is 0 Å². The van der Waals surface area contributed by atoms with Crippen LogP contribution in [0.2, 0.25) is 0 Å². The third-order valence-corrected chi connectivity index (χ3v) is 5.74. The lowest BCUT2D eigenvalue weighted by molar-refractivity contribution is -0.145. The number of phenols is 1. The molecule has 0 bridgehead atoms. The van der Waals surface area contributed by atoms with Gasteiger partial charge < -0.3 is 33.2 Å². The van der Waals surface area contributed by atoms with Crippen LogP contribution in [0.25, 0.3) is 21.9 Å². The normalized spacial score (nSPS) is 16.8. The van der Waals surface area contributed by atoms with Crippen molar-refractivity contribution in [1.82, 2.24) is 0 Å². The van der Waals surface area contributed by atoms with Gasteiger partial charge in [-0.25, -0.2) is 0 Å². The lowest BCUT2D eigenvalue weighted by Gasteiger charge is -2.34. The number of ether oxygens (including phenoxy) is 5. The minimum Gasteiger partial charge on any atom is -0.508 e. The van der Waals surface area contributed by atoms with Crippen molar-refractivity contribution in [3.05, 3.63) is 64.3 Å². The molecule has 5 rings (SSSR count). The summed E-state index contributed by atoms with van der Waals surface area (Å²) in [6.45, 7) is 1.13. The zero-order valence-electron chi connectivity index (χ0n) is 19.2. The van der Waals surface area contributed by atoms with Crippen LogP contribution in [0.15, 0.2) is 57.7 Å². The molecular weight excluding hydrogens is 456 g/mol. The van der Waals surface area contributed by atoms with Gasteiger partial charge in [0.15, 0.2) is 23.5 Å². The predicted molar refractivity (Wildman–Crippen MR) is 126 cm³/mol. The molecule has 2 atom stereocenters. The summed E-state index contributed by atoms with van der Waals surface area (Å²) < 4.78 is 34.7. The highest BCUT2D eigenvalue weighted by Gasteiger charge is 2.38. The number of phenolic OH excluding ortho intramolecular Hbond substituents is 1. The molecule has 0 aliphatic carbocycles. The van der Waals surface area contributed by atoms with E-state index in [-0.39, 0.29) is 46.0 Å². The van der Waals surface area contributed by atoms with Crippen LogP contribution in [0.5, 0.6) is 28.7 Å². The van der Waals surface area contributed by atoms with Gasteiger partial charge in [-0.15, -0.1) is 0 Å². The average molecular weight is 478 g/mol. The Bertz CT molecular complexity index is 1500. The number of para-hydroxylation sites is 1. The van der Waals surface area contributed by atoms with Gasteiger partial charge in [-0.1, -0.05) is 12.1 Å². The van der Waals surface area contributed by atoms with Gasteiger partial charge in [0.2, 0.25) is 16.9 Å². The van der Waals surface area contributed by atoms with Gasteiger partial charge in [-0.3, -0.25) is 9.59 Å². The maximum Gasteiger partial charge on any atom is 0.302 e. The monoisotopic (exact) mass is 478 g/mol. The van der Waals surface area contributed by atoms with Crippen LogP contribution in [0.3, 0.4) is 0 Å². The molecule has 9 heteroatoms. The van der Waals surface area contributed by atoms with Crippen molar-refractivity contribution in [2.24, 2.45) is 0 Å². The number of aromatic hydroxyl groups is 1. The quantitative estimate of drug-likeness (QED) is 0.334. The first-order valence-electron chi connectivity index (χ1n) is 10.8. The number of hydrogen-bond donors (Lipinski definition) is 1. The number of esters is 1.